The molecule has 3 aromatic heterocycles. The first-order valence-corrected chi connectivity index (χ1v) is 14.7. The van der Waals surface area contributed by atoms with Crippen LogP contribution in [0, 0.1) is 6.92 Å². The van der Waals surface area contributed by atoms with Crippen molar-refractivity contribution in [3.63, 3.8) is 0 Å². The Bertz CT molecular complexity index is 2480. The van der Waals surface area contributed by atoms with Crippen molar-refractivity contribution in [3.05, 3.63) is 127 Å². The van der Waals surface area contributed by atoms with Crippen LogP contribution in [0.4, 0.5) is 0 Å². The van der Waals surface area contributed by atoms with Crippen LogP contribution in [0.15, 0.2) is 126 Å². The van der Waals surface area contributed by atoms with Gasteiger partial charge < -0.3 is 4.42 Å². The molecule has 41 heavy (non-hydrogen) atoms. The average molecular weight is 542 g/mol. The summed E-state index contributed by atoms with van der Waals surface area (Å²) in [5, 5.41) is 8.47. The molecule has 6 aromatic carbocycles. The van der Waals surface area contributed by atoms with Crippen molar-refractivity contribution >= 4 is 75.1 Å². The Morgan fingerprint density at radius 3 is 2.15 bits per heavy atom. The number of fused-ring (bicyclic) bond motifs is 10. The highest BCUT2D eigenvalue weighted by Crippen LogP contribution is 2.48. The lowest BCUT2D eigenvalue weighted by Crippen LogP contribution is -1.92. The molecule has 0 saturated heterocycles. The van der Waals surface area contributed by atoms with Crippen molar-refractivity contribution in [1.82, 2.24) is 4.98 Å². The van der Waals surface area contributed by atoms with Crippen molar-refractivity contribution in [2.75, 3.05) is 0 Å². The van der Waals surface area contributed by atoms with E-state index in [1.165, 1.54) is 53.0 Å². The van der Waals surface area contributed by atoms with E-state index in [9.17, 15) is 0 Å². The van der Waals surface area contributed by atoms with Gasteiger partial charge in [-0.25, -0.2) is 4.98 Å². The number of benzene rings is 6. The van der Waals surface area contributed by atoms with Crippen LogP contribution >= 0.6 is 11.3 Å². The SMILES string of the molecule is Cc1ccc(-c2cc3c(-c4ccc5oc6ccccc6c5c4)nc4ccccc4c3c3c2sc2ccccc23)cc1. The zero-order valence-electron chi connectivity index (χ0n) is 22.3. The summed E-state index contributed by atoms with van der Waals surface area (Å²) in [6.07, 6.45) is 0. The van der Waals surface area contributed by atoms with Gasteiger partial charge in [-0.3, -0.25) is 0 Å². The number of pyridine rings is 1. The van der Waals surface area contributed by atoms with Gasteiger partial charge in [0.1, 0.15) is 11.2 Å². The summed E-state index contributed by atoms with van der Waals surface area (Å²) >= 11 is 1.88. The molecule has 0 aliphatic rings. The van der Waals surface area contributed by atoms with E-state index in [1.54, 1.807) is 0 Å². The molecule has 0 bridgehead atoms. The van der Waals surface area contributed by atoms with Crippen LogP contribution in [0.5, 0.6) is 0 Å². The van der Waals surface area contributed by atoms with Gasteiger partial charge in [0.2, 0.25) is 0 Å². The minimum Gasteiger partial charge on any atom is -0.456 e. The molecule has 0 atom stereocenters. The second kappa shape index (κ2) is 8.50. The Labute approximate surface area is 240 Å². The summed E-state index contributed by atoms with van der Waals surface area (Å²) < 4.78 is 8.79. The maximum atomic E-state index is 6.16. The summed E-state index contributed by atoms with van der Waals surface area (Å²) in [5.41, 5.74) is 8.63. The van der Waals surface area contributed by atoms with Gasteiger partial charge in [0.25, 0.3) is 0 Å². The normalized spacial score (nSPS) is 12.0. The predicted molar refractivity (Wildman–Crippen MR) is 175 cm³/mol. The minimum absolute atomic E-state index is 0.895. The lowest BCUT2D eigenvalue weighted by Gasteiger charge is -2.15. The van der Waals surface area contributed by atoms with Crippen molar-refractivity contribution in [3.8, 4) is 22.4 Å². The summed E-state index contributed by atoms with van der Waals surface area (Å²) in [5.74, 6) is 0. The summed E-state index contributed by atoms with van der Waals surface area (Å²) in [6.45, 7) is 2.14. The molecule has 0 aliphatic heterocycles. The van der Waals surface area contributed by atoms with Crippen LogP contribution in [-0.4, -0.2) is 4.98 Å². The van der Waals surface area contributed by atoms with Gasteiger partial charge in [-0.1, -0.05) is 84.4 Å². The van der Waals surface area contributed by atoms with Gasteiger partial charge in [-0.2, -0.15) is 0 Å². The third-order valence-corrected chi connectivity index (χ3v) is 9.53. The largest absolute Gasteiger partial charge is 0.456 e. The van der Waals surface area contributed by atoms with Crippen molar-refractivity contribution < 1.29 is 4.42 Å². The molecule has 0 spiro atoms. The van der Waals surface area contributed by atoms with Crippen LogP contribution in [-0.2, 0) is 0 Å². The van der Waals surface area contributed by atoms with Gasteiger partial charge in [-0.05, 0) is 55.0 Å². The smallest absolute Gasteiger partial charge is 0.135 e. The Morgan fingerprint density at radius 1 is 0.561 bits per heavy atom. The maximum Gasteiger partial charge on any atom is 0.135 e. The second-order valence-electron chi connectivity index (χ2n) is 10.8. The topological polar surface area (TPSA) is 26.0 Å². The third kappa shape index (κ3) is 3.33. The molecule has 9 rings (SSSR count). The van der Waals surface area contributed by atoms with Gasteiger partial charge in [0.15, 0.2) is 0 Å². The molecular weight excluding hydrogens is 518 g/mol. The molecule has 0 amide bonds. The Morgan fingerprint density at radius 2 is 1.27 bits per heavy atom. The maximum absolute atomic E-state index is 6.16. The molecule has 0 aliphatic carbocycles. The zero-order chi connectivity index (χ0) is 27.1. The van der Waals surface area contributed by atoms with Gasteiger partial charge >= 0.3 is 0 Å². The van der Waals surface area contributed by atoms with Gasteiger partial charge in [0, 0.05) is 58.2 Å². The fourth-order valence-corrected chi connectivity index (χ4v) is 7.62. The number of nitrogens with zero attached hydrogens (tertiary/aromatic N) is 1. The van der Waals surface area contributed by atoms with Gasteiger partial charge in [0.05, 0.1) is 11.2 Å². The molecule has 3 heterocycles. The van der Waals surface area contributed by atoms with E-state index in [1.807, 2.05) is 23.5 Å². The van der Waals surface area contributed by atoms with Crippen LogP contribution in [0.1, 0.15) is 5.56 Å². The fourth-order valence-electron chi connectivity index (χ4n) is 6.37. The lowest BCUT2D eigenvalue weighted by atomic mass is 9.91. The fraction of sp³-hybridized carbons (Fsp3) is 0.0263. The summed E-state index contributed by atoms with van der Waals surface area (Å²) in [6, 6.07) is 43.4. The van der Waals surface area contributed by atoms with E-state index in [0.29, 0.717) is 0 Å². The number of thiophene rings is 1. The first-order chi connectivity index (χ1) is 20.2. The molecule has 0 fully saturated rings. The Balaban J connectivity index is 1.48. The Hall–Kier alpha value is -4.99. The highest BCUT2D eigenvalue weighted by atomic mass is 32.1. The first kappa shape index (κ1) is 22.8. The number of rotatable bonds is 2. The average Bonchev–Trinajstić information content (AvgIpc) is 3.59. The third-order valence-electron chi connectivity index (χ3n) is 8.32. The quantitative estimate of drug-likeness (QED) is 0.203. The minimum atomic E-state index is 0.895. The standard InChI is InChI=1S/C38H23NOS/c1-22-14-16-23(17-15-22)28-21-30-35(36-27-10-4-7-13-34(27)41-38(28)36)26-9-2-5-11-31(26)39-37(30)24-18-19-33-29(20-24)25-8-3-6-12-32(25)40-33/h2-21H,1H3. The summed E-state index contributed by atoms with van der Waals surface area (Å²) in [7, 11) is 0. The van der Waals surface area contributed by atoms with Crippen LogP contribution in [0.2, 0.25) is 0 Å². The van der Waals surface area contributed by atoms with Crippen molar-refractivity contribution in [2.45, 2.75) is 6.92 Å². The molecule has 0 radical (unpaired) electrons. The zero-order valence-corrected chi connectivity index (χ0v) is 23.1. The first-order valence-electron chi connectivity index (χ1n) is 13.9. The van der Waals surface area contributed by atoms with Crippen molar-refractivity contribution in [1.29, 1.82) is 0 Å². The number of aryl methyl sites for hydroxylation is 1. The molecular formula is C38H23NOS. The highest BCUT2D eigenvalue weighted by molar-refractivity contribution is 7.26. The van der Waals surface area contributed by atoms with E-state index >= 15 is 0 Å². The van der Waals surface area contributed by atoms with E-state index in [2.05, 4.69) is 116 Å². The second-order valence-corrected chi connectivity index (χ2v) is 11.9. The van der Waals surface area contributed by atoms with Crippen LogP contribution in [0.25, 0.3) is 86.2 Å². The van der Waals surface area contributed by atoms with Crippen LogP contribution in [0.3, 0.4) is 0 Å². The lowest BCUT2D eigenvalue weighted by molar-refractivity contribution is 0.669. The number of furan rings is 1. The molecule has 0 N–H and O–H groups in total. The monoisotopic (exact) mass is 541 g/mol. The number of aromatic nitrogens is 1. The molecule has 2 nitrogen and oxygen atoms in total. The molecule has 3 heteroatoms. The molecule has 9 aromatic rings. The molecule has 0 saturated carbocycles. The summed E-state index contributed by atoms with van der Waals surface area (Å²) in [4.78, 5) is 5.34. The predicted octanol–water partition coefficient (Wildman–Crippen LogP) is 11.3. The number of para-hydroxylation sites is 2. The molecule has 192 valence electrons. The van der Waals surface area contributed by atoms with E-state index in [-0.39, 0.29) is 0 Å². The number of hydrogen-bond donors (Lipinski definition) is 0. The molecule has 0 unspecified atom stereocenters. The number of hydrogen-bond acceptors (Lipinski definition) is 3. The van der Waals surface area contributed by atoms with E-state index < -0.39 is 0 Å². The van der Waals surface area contributed by atoms with Crippen molar-refractivity contribution in [2.24, 2.45) is 0 Å². The van der Waals surface area contributed by atoms with E-state index in [4.69, 9.17) is 9.40 Å². The Kier molecular flexibility index (Phi) is 4.73. The van der Waals surface area contributed by atoms with E-state index in [0.717, 1.165) is 38.7 Å². The van der Waals surface area contributed by atoms with Gasteiger partial charge in [-0.15, -0.1) is 11.3 Å². The van der Waals surface area contributed by atoms with Crippen LogP contribution < -0.4 is 0 Å². The highest BCUT2D eigenvalue weighted by Gasteiger charge is 2.20.